The molecule has 2 aliphatic rings. The predicted octanol–water partition coefficient (Wildman–Crippen LogP) is 3.58. The van der Waals surface area contributed by atoms with Crippen molar-refractivity contribution in [2.24, 2.45) is 5.92 Å². The molecule has 0 bridgehead atoms. The minimum absolute atomic E-state index is 0.0119. The molecule has 5 heteroatoms. The fourth-order valence-corrected chi connectivity index (χ4v) is 4.93. The molecule has 2 heterocycles. The van der Waals surface area contributed by atoms with Crippen molar-refractivity contribution in [3.05, 3.63) is 60.2 Å². The number of carbonyl (C=O) groups excluding carboxylic acids is 2. The highest BCUT2D eigenvalue weighted by molar-refractivity contribution is 8.01. The number of thioether (sulfide) groups is 1. The fourth-order valence-electron chi connectivity index (χ4n) is 3.65. The smallest absolute Gasteiger partial charge is 0.236 e. The van der Waals surface area contributed by atoms with Crippen LogP contribution < -0.4 is 5.32 Å². The van der Waals surface area contributed by atoms with Crippen molar-refractivity contribution in [1.29, 1.82) is 0 Å². The van der Waals surface area contributed by atoms with Crippen molar-refractivity contribution in [3.8, 4) is 0 Å². The molecule has 2 amide bonds. The molecule has 1 unspecified atom stereocenters. The van der Waals surface area contributed by atoms with Gasteiger partial charge in [-0.2, -0.15) is 0 Å². The third kappa shape index (κ3) is 3.63. The van der Waals surface area contributed by atoms with Gasteiger partial charge >= 0.3 is 0 Å². The fraction of sp³-hybridized carbons (Fsp3) is 0.333. The van der Waals surface area contributed by atoms with E-state index in [1.54, 1.807) is 11.8 Å². The van der Waals surface area contributed by atoms with Crippen LogP contribution >= 0.6 is 11.8 Å². The predicted molar refractivity (Wildman–Crippen MR) is 104 cm³/mol. The number of likely N-dealkylation sites (tertiary alicyclic amines) is 1. The molecule has 1 atom stereocenters. The largest absolute Gasteiger partial charge is 0.342 e. The van der Waals surface area contributed by atoms with E-state index in [1.807, 2.05) is 47.4 Å². The molecule has 4 rings (SSSR count). The lowest BCUT2D eigenvalue weighted by Gasteiger charge is -2.32. The first-order valence-corrected chi connectivity index (χ1v) is 9.98. The molecule has 0 saturated carbocycles. The van der Waals surface area contributed by atoms with Gasteiger partial charge in [-0.15, -0.1) is 11.8 Å². The summed E-state index contributed by atoms with van der Waals surface area (Å²) in [4.78, 5) is 28.4. The van der Waals surface area contributed by atoms with Crippen molar-refractivity contribution in [3.63, 3.8) is 0 Å². The quantitative estimate of drug-likeness (QED) is 0.903. The van der Waals surface area contributed by atoms with Gasteiger partial charge in [0, 0.05) is 29.6 Å². The summed E-state index contributed by atoms with van der Waals surface area (Å²) in [5.41, 5.74) is 2.10. The molecule has 0 aliphatic carbocycles. The number of para-hydroxylation sites is 1. The van der Waals surface area contributed by atoms with Gasteiger partial charge in [0.2, 0.25) is 11.8 Å². The summed E-state index contributed by atoms with van der Waals surface area (Å²) in [6.45, 7) is 1.33. The maximum atomic E-state index is 12.8. The Morgan fingerprint density at radius 1 is 0.962 bits per heavy atom. The number of hydrogen-bond acceptors (Lipinski definition) is 3. The summed E-state index contributed by atoms with van der Waals surface area (Å²) in [6.07, 6.45) is 2.28. The maximum absolute atomic E-state index is 12.8. The van der Waals surface area contributed by atoms with Gasteiger partial charge in [-0.25, -0.2) is 0 Å². The van der Waals surface area contributed by atoms with E-state index in [2.05, 4.69) is 17.4 Å². The molecule has 1 fully saturated rings. The van der Waals surface area contributed by atoms with E-state index in [9.17, 15) is 9.59 Å². The first kappa shape index (κ1) is 17.2. The zero-order valence-corrected chi connectivity index (χ0v) is 15.4. The molecule has 0 aromatic heterocycles. The first-order valence-electron chi connectivity index (χ1n) is 9.10. The van der Waals surface area contributed by atoms with E-state index in [-0.39, 0.29) is 23.0 Å². The minimum atomic E-state index is -0.0207. The number of amides is 2. The number of hydrogen-bond donors (Lipinski definition) is 1. The third-order valence-corrected chi connectivity index (χ3v) is 6.45. The van der Waals surface area contributed by atoms with Crippen molar-refractivity contribution >= 4 is 29.3 Å². The first-order chi connectivity index (χ1) is 12.7. The Balaban J connectivity index is 1.30. The van der Waals surface area contributed by atoms with Crippen LogP contribution in [0, 0.1) is 5.92 Å². The molecule has 2 aliphatic heterocycles. The lowest BCUT2D eigenvalue weighted by Crippen LogP contribution is -2.44. The van der Waals surface area contributed by atoms with Crippen molar-refractivity contribution in [2.45, 2.75) is 29.4 Å². The van der Waals surface area contributed by atoms with Crippen LogP contribution in [0.15, 0.2) is 59.5 Å². The summed E-state index contributed by atoms with van der Waals surface area (Å²) in [7, 11) is 0. The van der Waals surface area contributed by atoms with Gasteiger partial charge in [-0.1, -0.05) is 36.4 Å². The van der Waals surface area contributed by atoms with Crippen LogP contribution in [0.25, 0.3) is 0 Å². The summed E-state index contributed by atoms with van der Waals surface area (Å²) >= 11 is 1.68. The van der Waals surface area contributed by atoms with E-state index in [0.717, 1.165) is 24.9 Å². The number of carbonyl (C=O) groups is 2. The highest BCUT2D eigenvalue weighted by Gasteiger charge is 2.34. The van der Waals surface area contributed by atoms with Crippen molar-refractivity contribution < 1.29 is 9.59 Å². The van der Waals surface area contributed by atoms with E-state index < -0.39 is 0 Å². The molecule has 1 saturated heterocycles. The molecule has 0 spiro atoms. The number of fused-ring (bicyclic) bond motifs is 1. The standard InChI is InChI=1S/C21H22N2O2S/c24-20(22-17-7-2-1-3-8-17)15-10-12-23(13-11-15)21(25)19-14-16-6-4-5-9-18(16)26-19/h1-9,15,19H,10-14H2,(H,22,24). The molecule has 134 valence electrons. The van der Waals surface area contributed by atoms with E-state index in [4.69, 9.17) is 0 Å². The third-order valence-electron chi connectivity index (χ3n) is 5.14. The maximum Gasteiger partial charge on any atom is 0.236 e. The lowest BCUT2D eigenvalue weighted by molar-refractivity contribution is -0.133. The number of benzene rings is 2. The van der Waals surface area contributed by atoms with Crippen molar-refractivity contribution in [2.75, 3.05) is 18.4 Å². The van der Waals surface area contributed by atoms with Crippen LogP contribution in [0.2, 0.25) is 0 Å². The van der Waals surface area contributed by atoms with Crippen LogP contribution in [0.3, 0.4) is 0 Å². The van der Waals surface area contributed by atoms with E-state index in [1.165, 1.54) is 10.5 Å². The van der Waals surface area contributed by atoms with Gasteiger partial charge in [0.05, 0.1) is 5.25 Å². The molecular formula is C21H22N2O2S. The molecule has 2 aromatic carbocycles. The summed E-state index contributed by atoms with van der Waals surface area (Å²) in [5.74, 6) is 0.256. The Morgan fingerprint density at radius 2 is 1.65 bits per heavy atom. The summed E-state index contributed by atoms with van der Waals surface area (Å²) in [5, 5.41) is 2.96. The molecule has 4 nitrogen and oxygen atoms in total. The Labute approximate surface area is 158 Å². The molecular weight excluding hydrogens is 344 g/mol. The van der Waals surface area contributed by atoms with Crippen LogP contribution in [0.4, 0.5) is 5.69 Å². The zero-order chi connectivity index (χ0) is 17.9. The Bertz CT molecular complexity index is 776. The Morgan fingerprint density at radius 3 is 2.38 bits per heavy atom. The highest BCUT2D eigenvalue weighted by atomic mass is 32.2. The molecule has 26 heavy (non-hydrogen) atoms. The lowest BCUT2D eigenvalue weighted by atomic mass is 9.95. The number of rotatable bonds is 3. The van der Waals surface area contributed by atoms with Gasteiger partial charge in [0.1, 0.15) is 0 Å². The summed E-state index contributed by atoms with van der Waals surface area (Å²) in [6, 6.07) is 17.8. The van der Waals surface area contributed by atoms with Crippen LogP contribution in [-0.4, -0.2) is 35.1 Å². The number of piperidine rings is 1. The Kier molecular flexibility index (Phi) is 4.98. The van der Waals surface area contributed by atoms with Gasteiger partial charge in [0.15, 0.2) is 0 Å². The topological polar surface area (TPSA) is 49.4 Å². The normalized spacial score (nSPS) is 19.8. The van der Waals surface area contributed by atoms with Gasteiger partial charge in [-0.3, -0.25) is 9.59 Å². The molecule has 2 aromatic rings. The van der Waals surface area contributed by atoms with Crippen LogP contribution in [-0.2, 0) is 16.0 Å². The van der Waals surface area contributed by atoms with Gasteiger partial charge < -0.3 is 10.2 Å². The number of nitrogens with zero attached hydrogens (tertiary/aromatic N) is 1. The van der Waals surface area contributed by atoms with Crippen molar-refractivity contribution in [1.82, 2.24) is 4.90 Å². The highest BCUT2D eigenvalue weighted by Crippen LogP contribution is 2.38. The van der Waals surface area contributed by atoms with Crippen LogP contribution in [0.5, 0.6) is 0 Å². The van der Waals surface area contributed by atoms with E-state index in [0.29, 0.717) is 13.1 Å². The van der Waals surface area contributed by atoms with Gasteiger partial charge in [0.25, 0.3) is 0 Å². The van der Waals surface area contributed by atoms with Crippen LogP contribution in [0.1, 0.15) is 18.4 Å². The zero-order valence-electron chi connectivity index (χ0n) is 14.6. The second-order valence-corrected chi connectivity index (χ2v) is 8.12. The average Bonchev–Trinajstić information content (AvgIpc) is 3.12. The SMILES string of the molecule is O=C(Nc1ccccc1)C1CCN(C(=O)C2Cc3ccccc3S2)CC1. The number of nitrogens with one attached hydrogen (secondary N) is 1. The Hall–Kier alpha value is -2.27. The molecule has 0 radical (unpaired) electrons. The molecule has 1 N–H and O–H groups in total. The minimum Gasteiger partial charge on any atom is -0.342 e. The second-order valence-electron chi connectivity index (χ2n) is 6.87. The monoisotopic (exact) mass is 366 g/mol. The van der Waals surface area contributed by atoms with E-state index >= 15 is 0 Å². The van der Waals surface area contributed by atoms with Gasteiger partial charge in [-0.05, 0) is 43.0 Å². The number of anilines is 1. The second kappa shape index (κ2) is 7.54. The summed E-state index contributed by atoms with van der Waals surface area (Å²) < 4.78 is 0. The average molecular weight is 366 g/mol.